The minimum absolute atomic E-state index is 0.0801. The minimum Gasteiger partial charge on any atom is -0.507 e. The molecule has 0 fully saturated rings. The van der Waals surface area contributed by atoms with Crippen molar-refractivity contribution in [2.75, 3.05) is 0 Å². The predicted molar refractivity (Wildman–Crippen MR) is 98.7 cm³/mol. The lowest BCUT2D eigenvalue weighted by atomic mass is 9.95. The van der Waals surface area contributed by atoms with E-state index in [0.717, 1.165) is 17.7 Å². The summed E-state index contributed by atoms with van der Waals surface area (Å²) in [5.74, 6) is 0.889. The smallest absolute Gasteiger partial charge is 0.342 e. The molecule has 4 nitrogen and oxygen atoms in total. The number of esters is 1. The van der Waals surface area contributed by atoms with E-state index in [1.165, 1.54) is 11.1 Å². The number of terminal acetylenes is 1. The van der Waals surface area contributed by atoms with Crippen LogP contribution in [0.4, 0.5) is 0 Å². The van der Waals surface area contributed by atoms with Gasteiger partial charge in [-0.2, -0.15) is 0 Å². The Balaban J connectivity index is 0.000000269. The maximum Gasteiger partial charge on any atom is 0.342 e. The molecule has 2 aliphatic rings. The van der Waals surface area contributed by atoms with E-state index < -0.39 is 5.97 Å². The highest BCUT2D eigenvalue weighted by Crippen LogP contribution is 2.29. The standard InChI is InChI=1S/C16H12O4.C6H4/c1-2-12-8-15(18)13(9-14(12)17)16(19)20-10-11-6-4-3-5-7-11;1-2-6-4-3-5(1)6/h1,3-9,17-18H,10H2;1-4H. The van der Waals surface area contributed by atoms with Crippen LogP contribution in [0.15, 0.2) is 66.7 Å². The first-order valence-corrected chi connectivity index (χ1v) is 7.92. The average molecular weight is 344 g/mol. The number of carbonyl (C=O) groups excluding carboxylic acids is 1. The molecule has 0 saturated carbocycles. The molecular formula is C22H16O4. The number of ether oxygens (including phenoxy) is 1. The second-order valence-corrected chi connectivity index (χ2v) is 5.67. The van der Waals surface area contributed by atoms with Gasteiger partial charge in [-0.1, -0.05) is 60.5 Å². The lowest BCUT2D eigenvalue weighted by Crippen LogP contribution is -2.05. The summed E-state index contributed by atoms with van der Waals surface area (Å²) < 4.78 is 5.06. The van der Waals surface area contributed by atoms with Crippen LogP contribution in [0.3, 0.4) is 0 Å². The van der Waals surface area contributed by atoms with Crippen LogP contribution in [0, 0.1) is 12.3 Å². The van der Waals surface area contributed by atoms with E-state index in [4.69, 9.17) is 11.2 Å². The quantitative estimate of drug-likeness (QED) is 0.333. The second-order valence-electron chi connectivity index (χ2n) is 5.67. The summed E-state index contributed by atoms with van der Waals surface area (Å²) in [6, 6.07) is 19.9. The summed E-state index contributed by atoms with van der Waals surface area (Å²) >= 11 is 0. The summed E-state index contributed by atoms with van der Waals surface area (Å²) in [5, 5.41) is 19.3. The van der Waals surface area contributed by atoms with E-state index >= 15 is 0 Å². The van der Waals surface area contributed by atoms with Gasteiger partial charge in [0.25, 0.3) is 0 Å². The molecule has 2 N–H and O–H groups in total. The number of hydrogen-bond acceptors (Lipinski definition) is 4. The fourth-order valence-corrected chi connectivity index (χ4v) is 2.32. The molecule has 0 heterocycles. The molecule has 128 valence electrons. The van der Waals surface area contributed by atoms with E-state index in [1.807, 2.05) is 30.3 Å². The third-order valence-electron chi connectivity index (χ3n) is 3.92. The third kappa shape index (κ3) is 3.68. The lowest BCUT2D eigenvalue weighted by molar-refractivity contribution is 0.0469. The number of benzene rings is 3. The Bertz CT molecular complexity index is 947. The van der Waals surface area contributed by atoms with Gasteiger partial charge < -0.3 is 14.9 Å². The fourth-order valence-electron chi connectivity index (χ4n) is 2.32. The molecule has 0 amide bonds. The van der Waals surface area contributed by atoms with Gasteiger partial charge in [0.15, 0.2) is 0 Å². The Hall–Kier alpha value is -3.71. The van der Waals surface area contributed by atoms with Gasteiger partial charge >= 0.3 is 5.97 Å². The Kier molecular flexibility index (Phi) is 4.91. The maximum absolute atomic E-state index is 11.8. The van der Waals surface area contributed by atoms with Crippen LogP contribution in [-0.2, 0) is 11.3 Å². The lowest BCUT2D eigenvalue weighted by Gasteiger charge is -2.10. The number of carbonyl (C=O) groups is 1. The number of phenols is 2. The normalized spacial score (nSPS) is 10.1. The Morgan fingerprint density at radius 2 is 1.54 bits per heavy atom. The molecule has 0 radical (unpaired) electrons. The molecule has 0 spiro atoms. The summed E-state index contributed by atoms with van der Waals surface area (Å²) in [6.45, 7) is 0.0801. The molecule has 0 unspecified atom stereocenters. The average Bonchev–Trinajstić information content (AvgIpc) is 2.65. The fraction of sp³-hybridized carbons (Fsp3) is 0.0455. The van der Waals surface area contributed by atoms with Gasteiger partial charge in [0.2, 0.25) is 0 Å². The molecule has 2 aromatic carbocycles. The number of aromatic hydroxyl groups is 2. The van der Waals surface area contributed by atoms with E-state index in [9.17, 15) is 15.0 Å². The molecule has 4 rings (SSSR count). The van der Waals surface area contributed by atoms with Crippen molar-refractivity contribution in [1.29, 1.82) is 0 Å². The molecular weight excluding hydrogens is 328 g/mol. The van der Waals surface area contributed by atoms with Crippen LogP contribution in [0.2, 0.25) is 0 Å². The summed E-state index contributed by atoms with van der Waals surface area (Å²) in [4.78, 5) is 11.8. The van der Waals surface area contributed by atoms with Crippen LogP contribution < -0.4 is 0 Å². The maximum atomic E-state index is 11.8. The predicted octanol–water partition coefficient (Wildman–Crippen LogP) is 4.10. The highest BCUT2D eigenvalue weighted by atomic mass is 16.5. The molecule has 0 aliphatic heterocycles. The van der Waals surface area contributed by atoms with Crippen LogP contribution in [0.25, 0.3) is 11.1 Å². The Labute approximate surface area is 151 Å². The van der Waals surface area contributed by atoms with Gasteiger partial charge in [0, 0.05) is 6.07 Å². The number of hydrogen-bond donors (Lipinski definition) is 2. The minimum atomic E-state index is -0.731. The van der Waals surface area contributed by atoms with Crippen molar-refractivity contribution in [1.82, 2.24) is 0 Å². The highest BCUT2D eigenvalue weighted by Gasteiger charge is 2.16. The topological polar surface area (TPSA) is 66.8 Å². The number of phenolic OH excluding ortho intramolecular Hbond substituents is 2. The Morgan fingerprint density at radius 1 is 0.923 bits per heavy atom. The van der Waals surface area contributed by atoms with Crippen LogP contribution in [-0.4, -0.2) is 16.2 Å². The monoisotopic (exact) mass is 344 g/mol. The molecule has 0 bridgehead atoms. The first-order valence-electron chi connectivity index (χ1n) is 7.92. The van der Waals surface area contributed by atoms with E-state index in [1.54, 1.807) is 0 Å². The number of rotatable bonds is 3. The van der Waals surface area contributed by atoms with Gasteiger partial charge in [-0.3, -0.25) is 0 Å². The van der Waals surface area contributed by atoms with Crippen molar-refractivity contribution in [3.63, 3.8) is 0 Å². The first-order chi connectivity index (χ1) is 12.6. The third-order valence-corrected chi connectivity index (χ3v) is 3.92. The summed E-state index contributed by atoms with van der Waals surface area (Å²) in [6.07, 6.45) is 5.14. The van der Waals surface area contributed by atoms with Crippen molar-refractivity contribution >= 4 is 5.97 Å². The molecule has 0 atom stereocenters. The molecule has 2 aromatic rings. The van der Waals surface area contributed by atoms with E-state index in [2.05, 4.69) is 30.2 Å². The van der Waals surface area contributed by atoms with Crippen molar-refractivity contribution in [2.45, 2.75) is 6.61 Å². The van der Waals surface area contributed by atoms with Crippen molar-refractivity contribution in [3.8, 4) is 35.0 Å². The van der Waals surface area contributed by atoms with Crippen molar-refractivity contribution in [3.05, 3.63) is 83.4 Å². The van der Waals surface area contributed by atoms with Gasteiger partial charge in [0.05, 0.1) is 5.56 Å². The van der Waals surface area contributed by atoms with E-state index in [0.29, 0.717) is 0 Å². The second kappa shape index (κ2) is 7.45. The highest BCUT2D eigenvalue weighted by molar-refractivity contribution is 5.93. The van der Waals surface area contributed by atoms with E-state index in [-0.39, 0.29) is 29.2 Å². The van der Waals surface area contributed by atoms with Crippen molar-refractivity contribution < 1.29 is 19.7 Å². The Morgan fingerprint density at radius 3 is 2.04 bits per heavy atom. The van der Waals surface area contributed by atoms with Gasteiger partial charge in [0.1, 0.15) is 23.7 Å². The van der Waals surface area contributed by atoms with Crippen LogP contribution in [0.1, 0.15) is 21.5 Å². The zero-order valence-corrected chi connectivity index (χ0v) is 13.8. The van der Waals surface area contributed by atoms with Gasteiger partial charge in [-0.25, -0.2) is 4.79 Å². The molecule has 0 saturated heterocycles. The van der Waals surface area contributed by atoms with Crippen LogP contribution >= 0.6 is 0 Å². The zero-order chi connectivity index (χ0) is 18.5. The number of fused-ring (bicyclic) bond motifs is 1. The van der Waals surface area contributed by atoms with Gasteiger partial charge in [-0.05, 0) is 22.8 Å². The largest absolute Gasteiger partial charge is 0.507 e. The zero-order valence-electron chi connectivity index (χ0n) is 13.8. The summed E-state index contributed by atoms with van der Waals surface area (Å²) in [7, 11) is 0. The SMILES string of the molecule is C#Cc1cc(O)c(C(=O)OCc2ccccc2)cc1O.c1cc2ccc1-2. The molecule has 0 aromatic heterocycles. The first kappa shape index (κ1) is 17.1. The van der Waals surface area contributed by atoms with Crippen LogP contribution in [0.5, 0.6) is 11.5 Å². The van der Waals surface area contributed by atoms with Crippen molar-refractivity contribution in [2.24, 2.45) is 0 Å². The molecule has 26 heavy (non-hydrogen) atoms. The molecule has 4 heteroatoms. The summed E-state index contributed by atoms with van der Waals surface area (Å²) in [5.41, 5.74) is 3.66. The van der Waals surface area contributed by atoms with Gasteiger partial charge in [-0.15, -0.1) is 6.42 Å². The molecule has 2 aliphatic carbocycles.